The van der Waals surface area contributed by atoms with Gasteiger partial charge in [0.15, 0.2) is 0 Å². The SMILES string of the molecule is CCCCNc1ccc(-c2ccc(N3C[C@H](CO)OC3=O)cc2F)cn1. The third kappa shape index (κ3) is 3.94. The highest BCUT2D eigenvalue weighted by Gasteiger charge is 2.32. The number of cyclic esters (lactones) is 1. The van der Waals surface area contributed by atoms with E-state index in [1.807, 2.05) is 12.1 Å². The maximum atomic E-state index is 14.6. The number of nitrogens with one attached hydrogen (secondary N) is 1. The first kappa shape index (κ1) is 18.1. The molecular formula is C19H22FN3O3. The highest BCUT2D eigenvalue weighted by molar-refractivity contribution is 5.90. The minimum absolute atomic E-state index is 0.202. The Morgan fingerprint density at radius 1 is 1.38 bits per heavy atom. The number of carbonyl (C=O) groups excluding carboxylic acids is 1. The van der Waals surface area contributed by atoms with Crippen molar-refractivity contribution in [2.24, 2.45) is 0 Å². The van der Waals surface area contributed by atoms with Crippen LogP contribution >= 0.6 is 0 Å². The number of benzene rings is 1. The first-order chi connectivity index (χ1) is 12.6. The Kier molecular flexibility index (Phi) is 5.68. The lowest BCUT2D eigenvalue weighted by atomic mass is 10.1. The van der Waals surface area contributed by atoms with Gasteiger partial charge in [0.25, 0.3) is 0 Å². The van der Waals surface area contributed by atoms with Gasteiger partial charge in [-0.3, -0.25) is 4.90 Å². The smallest absolute Gasteiger partial charge is 0.414 e. The molecule has 1 aromatic heterocycles. The number of anilines is 2. The molecule has 0 spiro atoms. The average Bonchev–Trinajstić information content (AvgIpc) is 3.03. The van der Waals surface area contributed by atoms with Crippen LogP contribution in [-0.4, -0.2) is 42.0 Å². The van der Waals surface area contributed by atoms with Gasteiger partial charge in [-0.2, -0.15) is 0 Å². The molecule has 1 atom stereocenters. The van der Waals surface area contributed by atoms with Crippen LogP contribution in [0.25, 0.3) is 11.1 Å². The summed E-state index contributed by atoms with van der Waals surface area (Å²) in [6, 6.07) is 8.20. The molecule has 0 unspecified atom stereocenters. The Balaban J connectivity index is 1.74. The summed E-state index contributed by atoms with van der Waals surface area (Å²) in [7, 11) is 0. The van der Waals surface area contributed by atoms with Gasteiger partial charge in [0, 0.05) is 23.9 Å². The van der Waals surface area contributed by atoms with E-state index in [1.54, 1.807) is 18.3 Å². The number of aromatic nitrogens is 1. The fraction of sp³-hybridized carbons (Fsp3) is 0.368. The van der Waals surface area contributed by atoms with E-state index in [4.69, 9.17) is 9.84 Å². The molecule has 0 saturated carbocycles. The lowest BCUT2D eigenvalue weighted by Gasteiger charge is -2.14. The summed E-state index contributed by atoms with van der Waals surface area (Å²) in [5.74, 6) is 0.310. The van der Waals surface area contributed by atoms with Crippen molar-refractivity contribution in [2.75, 3.05) is 29.9 Å². The van der Waals surface area contributed by atoms with Crippen molar-refractivity contribution in [2.45, 2.75) is 25.9 Å². The van der Waals surface area contributed by atoms with Crippen LogP contribution in [0.2, 0.25) is 0 Å². The van der Waals surface area contributed by atoms with Gasteiger partial charge in [0.1, 0.15) is 17.7 Å². The third-order valence-corrected chi connectivity index (χ3v) is 4.25. The Morgan fingerprint density at radius 2 is 2.23 bits per heavy atom. The molecule has 138 valence electrons. The predicted octanol–water partition coefficient (Wildman–Crippen LogP) is 3.42. The first-order valence-electron chi connectivity index (χ1n) is 8.71. The number of rotatable bonds is 7. The molecule has 1 fully saturated rings. The molecule has 2 aromatic rings. The van der Waals surface area contributed by atoms with Gasteiger partial charge >= 0.3 is 6.09 Å². The van der Waals surface area contributed by atoms with Crippen LogP contribution in [0.5, 0.6) is 0 Å². The number of ether oxygens (including phenoxy) is 1. The van der Waals surface area contributed by atoms with Gasteiger partial charge < -0.3 is 15.2 Å². The molecule has 1 saturated heterocycles. The summed E-state index contributed by atoms with van der Waals surface area (Å²) in [5, 5.41) is 12.3. The van der Waals surface area contributed by atoms with E-state index in [9.17, 15) is 9.18 Å². The van der Waals surface area contributed by atoms with Crippen LogP contribution in [0.1, 0.15) is 19.8 Å². The summed E-state index contributed by atoms with van der Waals surface area (Å²) in [6.07, 6.45) is 2.63. The molecule has 0 bridgehead atoms. The van der Waals surface area contributed by atoms with Gasteiger partial charge in [0.05, 0.1) is 18.8 Å². The van der Waals surface area contributed by atoms with Crippen molar-refractivity contribution in [1.82, 2.24) is 4.98 Å². The van der Waals surface area contributed by atoms with Crippen molar-refractivity contribution in [3.8, 4) is 11.1 Å². The number of aliphatic hydroxyl groups is 1. The second-order valence-corrected chi connectivity index (χ2v) is 6.18. The number of carbonyl (C=O) groups is 1. The maximum Gasteiger partial charge on any atom is 0.414 e. The van der Waals surface area contributed by atoms with E-state index in [-0.39, 0.29) is 13.2 Å². The first-order valence-corrected chi connectivity index (χ1v) is 8.71. The molecule has 3 rings (SSSR count). The number of halogens is 1. The summed E-state index contributed by atoms with van der Waals surface area (Å²) in [4.78, 5) is 17.4. The molecule has 26 heavy (non-hydrogen) atoms. The lowest BCUT2D eigenvalue weighted by molar-refractivity contribution is 0.0963. The standard InChI is InChI=1S/C19H22FN3O3/c1-2-3-8-21-18-7-4-13(10-22-18)16-6-5-14(9-17(16)20)23-11-15(12-24)26-19(23)25/h4-7,9-10,15,24H,2-3,8,11-12H2,1H3,(H,21,22)/t15-/m1/s1. The monoisotopic (exact) mass is 359 g/mol. The molecule has 1 amide bonds. The molecule has 7 heteroatoms. The highest BCUT2D eigenvalue weighted by atomic mass is 19.1. The van der Waals surface area contributed by atoms with Crippen molar-refractivity contribution >= 4 is 17.6 Å². The number of amides is 1. The number of pyridine rings is 1. The number of aliphatic hydroxyl groups excluding tert-OH is 1. The number of nitrogens with zero attached hydrogens (tertiary/aromatic N) is 2. The summed E-state index contributed by atoms with van der Waals surface area (Å²) in [6.45, 7) is 2.92. The summed E-state index contributed by atoms with van der Waals surface area (Å²) in [5.41, 5.74) is 1.47. The van der Waals surface area contributed by atoms with Crippen molar-refractivity contribution < 1.29 is 19.0 Å². The minimum atomic E-state index is -0.583. The van der Waals surface area contributed by atoms with E-state index in [0.717, 1.165) is 25.2 Å². The molecule has 1 aromatic carbocycles. The summed E-state index contributed by atoms with van der Waals surface area (Å²) < 4.78 is 19.6. The van der Waals surface area contributed by atoms with Crippen LogP contribution in [0, 0.1) is 5.82 Å². The largest absolute Gasteiger partial charge is 0.441 e. The molecule has 6 nitrogen and oxygen atoms in total. The lowest BCUT2D eigenvalue weighted by Crippen LogP contribution is -2.25. The van der Waals surface area contributed by atoms with Crippen molar-refractivity contribution in [3.63, 3.8) is 0 Å². The summed E-state index contributed by atoms with van der Waals surface area (Å²) >= 11 is 0. The number of unbranched alkanes of at least 4 members (excludes halogenated alkanes) is 1. The fourth-order valence-electron chi connectivity index (χ4n) is 2.78. The van der Waals surface area contributed by atoms with Crippen molar-refractivity contribution in [1.29, 1.82) is 0 Å². The second-order valence-electron chi connectivity index (χ2n) is 6.18. The van der Waals surface area contributed by atoms with Gasteiger partial charge in [-0.25, -0.2) is 14.2 Å². The molecular weight excluding hydrogens is 337 g/mol. The van der Waals surface area contributed by atoms with Crippen LogP contribution in [-0.2, 0) is 4.74 Å². The molecule has 2 N–H and O–H groups in total. The second kappa shape index (κ2) is 8.14. The maximum absolute atomic E-state index is 14.6. The normalized spacial score (nSPS) is 16.7. The molecule has 0 aliphatic carbocycles. The molecule has 1 aliphatic heterocycles. The zero-order valence-electron chi connectivity index (χ0n) is 14.6. The van der Waals surface area contributed by atoms with E-state index < -0.39 is 18.0 Å². The Morgan fingerprint density at radius 3 is 2.85 bits per heavy atom. The Labute approximate surface area is 151 Å². The average molecular weight is 359 g/mol. The number of hydrogen-bond acceptors (Lipinski definition) is 5. The van der Waals surface area contributed by atoms with E-state index in [2.05, 4.69) is 17.2 Å². The van der Waals surface area contributed by atoms with E-state index >= 15 is 0 Å². The van der Waals surface area contributed by atoms with E-state index in [0.29, 0.717) is 16.8 Å². The zero-order valence-corrected chi connectivity index (χ0v) is 14.6. The zero-order chi connectivity index (χ0) is 18.5. The minimum Gasteiger partial charge on any atom is -0.441 e. The van der Waals surface area contributed by atoms with Crippen LogP contribution in [0.4, 0.5) is 20.7 Å². The van der Waals surface area contributed by atoms with E-state index in [1.165, 1.54) is 11.0 Å². The highest BCUT2D eigenvalue weighted by Crippen LogP contribution is 2.29. The Bertz CT molecular complexity index is 767. The van der Waals surface area contributed by atoms with Gasteiger partial charge in [-0.05, 0) is 36.8 Å². The third-order valence-electron chi connectivity index (χ3n) is 4.25. The number of hydrogen-bond donors (Lipinski definition) is 2. The van der Waals surface area contributed by atoms with Crippen molar-refractivity contribution in [3.05, 3.63) is 42.3 Å². The fourth-order valence-corrected chi connectivity index (χ4v) is 2.78. The van der Waals surface area contributed by atoms with Gasteiger partial charge in [-0.1, -0.05) is 13.3 Å². The van der Waals surface area contributed by atoms with Gasteiger partial charge in [0.2, 0.25) is 0 Å². The topological polar surface area (TPSA) is 74.7 Å². The molecule has 0 radical (unpaired) electrons. The predicted molar refractivity (Wildman–Crippen MR) is 97.7 cm³/mol. The molecule has 1 aliphatic rings. The quantitative estimate of drug-likeness (QED) is 0.741. The Hall–Kier alpha value is -2.67. The molecule has 2 heterocycles. The van der Waals surface area contributed by atoms with Crippen LogP contribution < -0.4 is 10.2 Å². The van der Waals surface area contributed by atoms with Gasteiger partial charge in [-0.15, -0.1) is 0 Å². The van der Waals surface area contributed by atoms with Crippen LogP contribution in [0.15, 0.2) is 36.5 Å². The van der Waals surface area contributed by atoms with Crippen LogP contribution in [0.3, 0.4) is 0 Å².